The van der Waals surface area contributed by atoms with E-state index in [1.807, 2.05) is 6.92 Å². The first-order valence-corrected chi connectivity index (χ1v) is 11.8. The van der Waals surface area contributed by atoms with Crippen molar-refractivity contribution < 1.29 is 13.2 Å². The minimum absolute atomic E-state index is 0.141. The van der Waals surface area contributed by atoms with Crippen molar-refractivity contribution in [2.24, 2.45) is 0 Å². The van der Waals surface area contributed by atoms with Crippen molar-refractivity contribution >= 4 is 54.8 Å². The molecule has 0 aromatic heterocycles. The first kappa shape index (κ1) is 22.0. The van der Waals surface area contributed by atoms with Crippen LogP contribution in [-0.4, -0.2) is 14.2 Å². The second-order valence-corrected chi connectivity index (χ2v) is 10.5. The van der Waals surface area contributed by atoms with Gasteiger partial charge in [-0.2, -0.15) is 0 Å². The molecule has 0 amide bonds. The van der Waals surface area contributed by atoms with E-state index < -0.39 is 15.1 Å². The van der Waals surface area contributed by atoms with Crippen LogP contribution in [0.1, 0.15) is 33.2 Å². The van der Waals surface area contributed by atoms with E-state index in [2.05, 4.69) is 15.9 Å². The molecule has 0 heterocycles. The van der Waals surface area contributed by atoms with Gasteiger partial charge in [0.1, 0.15) is 0 Å². The molecular formula is C22H17BrCl2O3S. The Morgan fingerprint density at radius 1 is 0.966 bits per heavy atom. The number of halogens is 3. The number of Topliss-reactive ketones (excluding diaryl/α,β-unsaturated/α-hetero) is 1. The van der Waals surface area contributed by atoms with Crippen LogP contribution < -0.4 is 0 Å². The lowest BCUT2D eigenvalue weighted by Crippen LogP contribution is -2.18. The SMILES string of the molecule is Cc1ccc(S(=O)(=O)[C@@H](CC(=O)c2ccc(Br)cc2)c2ccc(Cl)cc2Cl)cc1. The highest BCUT2D eigenvalue weighted by atomic mass is 79.9. The van der Waals surface area contributed by atoms with E-state index in [0.29, 0.717) is 16.1 Å². The summed E-state index contributed by atoms with van der Waals surface area (Å²) in [6.07, 6.45) is -0.237. The minimum atomic E-state index is -3.88. The molecule has 0 unspecified atom stereocenters. The van der Waals surface area contributed by atoms with Crippen molar-refractivity contribution in [1.82, 2.24) is 0 Å². The Bertz CT molecular complexity index is 1140. The highest BCUT2D eigenvalue weighted by Gasteiger charge is 2.33. The molecule has 3 aromatic rings. The predicted octanol–water partition coefficient (Wildman–Crippen LogP) is 6.85. The van der Waals surface area contributed by atoms with Crippen molar-refractivity contribution in [3.05, 3.63) is 97.9 Å². The lowest BCUT2D eigenvalue weighted by Gasteiger charge is -2.19. The summed E-state index contributed by atoms with van der Waals surface area (Å²) in [5.74, 6) is -0.288. The lowest BCUT2D eigenvalue weighted by molar-refractivity contribution is 0.0980. The number of rotatable bonds is 6. The van der Waals surface area contributed by atoms with Gasteiger partial charge < -0.3 is 0 Å². The van der Waals surface area contributed by atoms with Crippen LogP contribution in [0, 0.1) is 6.92 Å². The van der Waals surface area contributed by atoms with E-state index in [0.717, 1.165) is 10.0 Å². The zero-order valence-electron chi connectivity index (χ0n) is 15.4. The topological polar surface area (TPSA) is 51.2 Å². The Labute approximate surface area is 188 Å². The smallest absolute Gasteiger partial charge is 0.185 e. The number of hydrogen-bond donors (Lipinski definition) is 0. The van der Waals surface area contributed by atoms with Crippen molar-refractivity contribution in [2.75, 3.05) is 0 Å². The zero-order chi connectivity index (χ0) is 21.2. The minimum Gasteiger partial charge on any atom is -0.294 e. The van der Waals surface area contributed by atoms with Crippen LogP contribution >= 0.6 is 39.1 Å². The predicted molar refractivity (Wildman–Crippen MR) is 121 cm³/mol. The molecule has 0 fully saturated rings. The molecule has 0 saturated heterocycles. The fourth-order valence-electron chi connectivity index (χ4n) is 2.96. The molecule has 0 aliphatic heterocycles. The van der Waals surface area contributed by atoms with Gasteiger partial charge in [-0.25, -0.2) is 8.42 Å². The van der Waals surface area contributed by atoms with Gasteiger partial charge in [-0.1, -0.05) is 75.0 Å². The summed E-state index contributed by atoms with van der Waals surface area (Å²) >= 11 is 15.6. The maximum atomic E-state index is 13.5. The summed E-state index contributed by atoms with van der Waals surface area (Å²) in [6, 6.07) is 18.0. The van der Waals surface area contributed by atoms with Crippen LogP contribution in [-0.2, 0) is 9.84 Å². The molecular weight excluding hydrogens is 495 g/mol. The average molecular weight is 512 g/mol. The number of sulfone groups is 1. The van der Waals surface area contributed by atoms with Crippen LogP contribution in [0.3, 0.4) is 0 Å². The number of ketones is 1. The summed E-state index contributed by atoms with van der Waals surface area (Å²) in [5, 5.41) is -0.530. The van der Waals surface area contributed by atoms with Gasteiger partial charge in [-0.15, -0.1) is 0 Å². The van der Waals surface area contributed by atoms with Crippen LogP contribution in [0.4, 0.5) is 0 Å². The maximum absolute atomic E-state index is 13.5. The first-order chi connectivity index (χ1) is 13.7. The number of aryl methyl sites for hydroxylation is 1. The molecule has 1 atom stereocenters. The molecule has 0 radical (unpaired) electrons. The van der Waals surface area contributed by atoms with Crippen LogP contribution in [0.25, 0.3) is 0 Å². The van der Waals surface area contributed by atoms with Crippen molar-refractivity contribution in [2.45, 2.75) is 23.5 Å². The second-order valence-electron chi connectivity index (χ2n) is 6.65. The quantitative estimate of drug-likeness (QED) is 0.340. The third-order valence-corrected chi connectivity index (χ3v) is 7.76. The lowest BCUT2D eigenvalue weighted by atomic mass is 10.0. The summed E-state index contributed by atoms with van der Waals surface area (Å²) in [6.45, 7) is 1.88. The maximum Gasteiger partial charge on any atom is 0.185 e. The van der Waals surface area contributed by atoms with E-state index in [1.54, 1.807) is 60.7 Å². The Kier molecular flexibility index (Phi) is 6.84. The van der Waals surface area contributed by atoms with Gasteiger partial charge >= 0.3 is 0 Å². The number of benzene rings is 3. The zero-order valence-corrected chi connectivity index (χ0v) is 19.3. The first-order valence-electron chi connectivity index (χ1n) is 8.73. The van der Waals surface area contributed by atoms with E-state index in [4.69, 9.17) is 23.2 Å². The summed E-state index contributed by atoms with van der Waals surface area (Å²) in [7, 11) is -3.88. The molecule has 0 N–H and O–H groups in total. The van der Waals surface area contributed by atoms with Gasteiger partial charge in [0, 0.05) is 26.5 Å². The summed E-state index contributed by atoms with van der Waals surface area (Å²) in [4.78, 5) is 13.0. The third-order valence-electron chi connectivity index (χ3n) is 4.57. The van der Waals surface area contributed by atoms with Gasteiger partial charge in [0.05, 0.1) is 10.1 Å². The fraction of sp³-hybridized carbons (Fsp3) is 0.136. The molecule has 29 heavy (non-hydrogen) atoms. The van der Waals surface area contributed by atoms with E-state index in [1.165, 1.54) is 6.07 Å². The summed E-state index contributed by atoms with van der Waals surface area (Å²) in [5.41, 5.74) is 1.72. The average Bonchev–Trinajstić information content (AvgIpc) is 2.67. The monoisotopic (exact) mass is 510 g/mol. The number of carbonyl (C=O) groups excluding carboxylic acids is 1. The van der Waals surface area contributed by atoms with Gasteiger partial charge in [-0.05, 0) is 48.9 Å². The Morgan fingerprint density at radius 3 is 2.17 bits per heavy atom. The largest absolute Gasteiger partial charge is 0.294 e. The second kappa shape index (κ2) is 9.00. The van der Waals surface area contributed by atoms with E-state index >= 15 is 0 Å². The molecule has 0 saturated carbocycles. The Balaban J connectivity index is 2.07. The highest BCUT2D eigenvalue weighted by Crippen LogP contribution is 2.37. The van der Waals surface area contributed by atoms with Gasteiger partial charge in [-0.3, -0.25) is 4.79 Å². The summed E-state index contributed by atoms with van der Waals surface area (Å²) < 4.78 is 27.7. The Morgan fingerprint density at radius 2 is 1.59 bits per heavy atom. The normalized spacial score (nSPS) is 12.6. The van der Waals surface area contributed by atoms with Gasteiger partial charge in [0.25, 0.3) is 0 Å². The van der Waals surface area contributed by atoms with Crippen molar-refractivity contribution in [1.29, 1.82) is 0 Å². The molecule has 7 heteroatoms. The van der Waals surface area contributed by atoms with Crippen molar-refractivity contribution in [3.63, 3.8) is 0 Å². The van der Waals surface area contributed by atoms with Crippen LogP contribution in [0.2, 0.25) is 10.0 Å². The number of hydrogen-bond acceptors (Lipinski definition) is 3. The molecule has 150 valence electrons. The molecule has 3 rings (SSSR count). The highest BCUT2D eigenvalue weighted by molar-refractivity contribution is 9.10. The molecule has 0 bridgehead atoms. The molecule has 0 aliphatic carbocycles. The molecule has 0 aliphatic rings. The molecule has 3 aromatic carbocycles. The molecule has 3 nitrogen and oxygen atoms in total. The Hall–Kier alpha value is -1.66. The fourth-order valence-corrected chi connectivity index (χ4v) is 5.59. The van der Waals surface area contributed by atoms with Crippen LogP contribution in [0.15, 0.2) is 76.1 Å². The van der Waals surface area contributed by atoms with Gasteiger partial charge in [0.15, 0.2) is 15.6 Å². The molecule has 0 spiro atoms. The van der Waals surface area contributed by atoms with E-state index in [9.17, 15) is 13.2 Å². The number of carbonyl (C=O) groups is 1. The van der Waals surface area contributed by atoms with Crippen LogP contribution in [0.5, 0.6) is 0 Å². The van der Waals surface area contributed by atoms with Crippen molar-refractivity contribution in [3.8, 4) is 0 Å². The standard InChI is InChI=1S/C22H17BrCl2O3S/c1-14-2-9-18(10-3-14)29(27,28)22(19-11-8-17(24)12-20(19)25)13-21(26)15-4-6-16(23)7-5-15/h2-12,22H,13H2,1H3/t22-/m0/s1. The van der Waals surface area contributed by atoms with E-state index in [-0.39, 0.29) is 22.1 Å². The third kappa shape index (κ3) is 5.10. The van der Waals surface area contributed by atoms with Gasteiger partial charge in [0.2, 0.25) is 0 Å².